The second kappa shape index (κ2) is 14.4. The summed E-state index contributed by atoms with van der Waals surface area (Å²) in [7, 11) is 2.87. The molecule has 11 nitrogen and oxygen atoms in total. The van der Waals surface area contributed by atoms with Gasteiger partial charge in [-0.15, -0.1) is 0 Å². The Balaban J connectivity index is 1.39. The summed E-state index contributed by atoms with van der Waals surface area (Å²) >= 11 is 0. The molecule has 2 atom stereocenters. The molecule has 1 aliphatic heterocycles. The lowest BCUT2D eigenvalue weighted by Gasteiger charge is -2.20. The number of amides is 2. The van der Waals surface area contributed by atoms with Gasteiger partial charge in [-0.25, -0.2) is 0 Å². The average Bonchev–Trinajstić information content (AvgIpc) is 3.47. The van der Waals surface area contributed by atoms with Crippen LogP contribution in [0, 0.1) is 0 Å². The predicted octanol–water partition coefficient (Wildman–Crippen LogP) is 4.41. The fourth-order valence-electron chi connectivity index (χ4n) is 5.27. The highest BCUT2D eigenvalue weighted by Gasteiger charge is 2.43. The van der Waals surface area contributed by atoms with Crippen LogP contribution in [-0.2, 0) is 16.0 Å². The van der Waals surface area contributed by atoms with Gasteiger partial charge in [-0.2, -0.15) is 0 Å². The minimum Gasteiger partial charge on any atom is -0.508 e. The highest BCUT2D eigenvalue weighted by Crippen LogP contribution is 2.51. The highest BCUT2D eigenvalue weighted by molar-refractivity contribution is 6.00. The fourth-order valence-corrected chi connectivity index (χ4v) is 5.27. The lowest BCUT2D eigenvalue weighted by molar-refractivity contribution is -0.123. The molecule has 4 aromatic carbocycles. The van der Waals surface area contributed by atoms with Gasteiger partial charge in [0.1, 0.15) is 23.5 Å². The number of ketones is 1. The van der Waals surface area contributed by atoms with E-state index >= 15 is 0 Å². The molecule has 47 heavy (non-hydrogen) atoms. The van der Waals surface area contributed by atoms with Crippen molar-refractivity contribution in [2.45, 2.75) is 18.4 Å². The first-order chi connectivity index (χ1) is 22.7. The van der Waals surface area contributed by atoms with E-state index in [9.17, 15) is 29.7 Å². The summed E-state index contributed by atoms with van der Waals surface area (Å²) in [5.74, 6) is -1.17. The summed E-state index contributed by atoms with van der Waals surface area (Å²) in [6.45, 7) is 0.0836. The number of rotatable bonds is 12. The molecule has 5 rings (SSSR count). The first kappa shape index (κ1) is 32.4. The van der Waals surface area contributed by atoms with Gasteiger partial charge in [0.2, 0.25) is 11.8 Å². The molecule has 4 aromatic rings. The van der Waals surface area contributed by atoms with Crippen LogP contribution >= 0.6 is 0 Å². The lowest BCUT2D eigenvalue weighted by Crippen LogP contribution is -2.35. The molecule has 0 saturated heterocycles. The van der Waals surface area contributed by atoms with Crippen LogP contribution in [0.2, 0.25) is 0 Å². The smallest absolute Gasteiger partial charge is 0.244 e. The Morgan fingerprint density at radius 1 is 0.830 bits per heavy atom. The maximum Gasteiger partial charge on any atom is 0.244 e. The fraction of sp³-hybridized carbons (Fsp3) is 0.194. The molecule has 1 aliphatic rings. The molecule has 0 aliphatic carbocycles. The number of phenolic OH excluding ortho intramolecular Hbond substituents is 3. The van der Waals surface area contributed by atoms with Crippen molar-refractivity contribution < 1.29 is 43.9 Å². The van der Waals surface area contributed by atoms with E-state index in [1.807, 2.05) is 0 Å². The molecule has 0 fully saturated rings. The van der Waals surface area contributed by atoms with Crippen LogP contribution in [0.3, 0.4) is 0 Å². The Bertz CT molecular complexity index is 1800. The van der Waals surface area contributed by atoms with E-state index in [4.69, 9.17) is 14.2 Å². The molecule has 5 N–H and O–H groups in total. The zero-order valence-electron chi connectivity index (χ0n) is 25.7. The van der Waals surface area contributed by atoms with Crippen LogP contribution < -0.4 is 24.8 Å². The number of carbonyl (C=O) groups is 3. The largest absolute Gasteiger partial charge is 0.508 e. The molecular formula is C36H34N2O9. The van der Waals surface area contributed by atoms with Crippen molar-refractivity contribution in [3.63, 3.8) is 0 Å². The van der Waals surface area contributed by atoms with E-state index in [1.54, 1.807) is 54.6 Å². The molecule has 0 saturated carbocycles. The summed E-state index contributed by atoms with van der Waals surface area (Å²) in [5.41, 5.74) is 2.86. The topological polar surface area (TPSA) is 164 Å². The Morgan fingerprint density at radius 2 is 1.51 bits per heavy atom. The molecule has 11 heteroatoms. The summed E-state index contributed by atoms with van der Waals surface area (Å²) < 4.78 is 17.2. The summed E-state index contributed by atoms with van der Waals surface area (Å²) in [5, 5.41) is 34.7. The lowest BCUT2D eigenvalue weighted by atomic mass is 9.89. The second-order valence-electron chi connectivity index (χ2n) is 10.8. The standard InChI is InChI=1S/C36H34N2O9/c1-45-30-19-24(8-13-28(30)41)34-33(36(44)38-20-29(42)23-6-11-26(40)12-7-23)27-17-22(18-31(46-2)35(27)47-34)5-14-32(43)37-16-15-21-3-9-25(39)10-4-21/h3-14,17-19,33-34,39-41H,15-16,20H2,1-2H3,(H,37,43)(H,38,44). The van der Waals surface area contributed by atoms with Crippen LogP contribution in [0.25, 0.3) is 6.08 Å². The maximum absolute atomic E-state index is 13.8. The number of nitrogens with one attached hydrogen (secondary N) is 2. The van der Waals surface area contributed by atoms with Gasteiger partial charge in [0.05, 0.1) is 20.8 Å². The van der Waals surface area contributed by atoms with Crippen molar-refractivity contribution >= 4 is 23.7 Å². The molecule has 0 radical (unpaired) electrons. The number of carbonyl (C=O) groups excluding carboxylic acids is 3. The van der Waals surface area contributed by atoms with E-state index in [1.165, 1.54) is 50.6 Å². The zero-order valence-corrected chi connectivity index (χ0v) is 25.7. The average molecular weight is 639 g/mol. The number of phenols is 3. The van der Waals surface area contributed by atoms with E-state index in [0.29, 0.717) is 46.7 Å². The number of Topliss-reactive ketones (excluding diaryl/α,β-unsaturated/α-hetero) is 1. The van der Waals surface area contributed by atoms with E-state index in [-0.39, 0.29) is 41.2 Å². The third-order valence-corrected chi connectivity index (χ3v) is 7.71. The second-order valence-corrected chi connectivity index (χ2v) is 10.8. The normalized spacial score (nSPS) is 15.0. The number of hydrogen-bond donors (Lipinski definition) is 5. The van der Waals surface area contributed by atoms with Crippen LogP contribution in [0.4, 0.5) is 0 Å². The Labute approximate surface area is 271 Å². The Hall–Kier alpha value is -5.97. The molecule has 2 unspecified atom stereocenters. The number of methoxy groups -OCH3 is 2. The predicted molar refractivity (Wildman–Crippen MR) is 173 cm³/mol. The number of ether oxygens (including phenoxy) is 3. The summed E-state index contributed by atoms with van der Waals surface area (Å²) in [4.78, 5) is 39.2. The number of fused-ring (bicyclic) bond motifs is 1. The van der Waals surface area contributed by atoms with Gasteiger partial charge in [0, 0.05) is 23.7 Å². The maximum atomic E-state index is 13.8. The van der Waals surface area contributed by atoms with Gasteiger partial charge >= 0.3 is 0 Å². The third-order valence-electron chi connectivity index (χ3n) is 7.71. The minimum absolute atomic E-state index is 0.0165. The van der Waals surface area contributed by atoms with Gasteiger partial charge in [-0.3, -0.25) is 14.4 Å². The molecular weight excluding hydrogens is 604 g/mol. The van der Waals surface area contributed by atoms with Crippen molar-refractivity contribution in [2.75, 3.05) is 27.3 Å². The summed E-state index contributed by atoms with van der Waals surface area (Å²) in [6.07, 6.45) is 2.68. The van der Waals surface area contributed by atoms with Crippen molar-refractivity contribution in [1.82, 2.24) is 10.6 Å². The summed E-state index contributed by atoms with van der Waals surface area (Å²) in [6, 6.07) is 20.5. The van der Waals surface area contributed by atoms with Gasteiger partial charge in [-0.1, -0.05) is 18.2 Å². The SMILES string of the molecule is COc1cc(C2Oc3c(OC)cc(C=CC(=O)NCCc4ccc(O)cc4)cc3C2C(=O)NCC(=O)c2ccc(O)cc2)ccc1O. The van der Waals surface area contributed by atoms with Crippen molar-refractivity contribution in [3.05, 3.63) is 113 Å². The van der Waals surface area contributed by atoms with Crippen molar-refractivity contribution in [3.8, 4) is 34.5 Å². The number of aromatic hydroxyl groups is 3. The van der Waals surface area contributed by atoms with Crippen LogP contribution in [0.1, 0.15) is 44.6 Å². The van der Waals surface area contributed by atoms with Gasteiger partial charge in [0.15, 0.2) is 28.8 Å². The molecule has 1 heterocycles. The van der Waals surface area contributed by atoms with Crippen molar-refractivity contribution in [2.24, 2.45) is 0 Å². The van der Waals surface area contributed by atoms with Crippen LogP contribution in [0.15, 0.2) is 84.9 Å². The first-order valence-corrected chi connectivity index (χ1v) is 14.8. The van der Waals surface area contributed by atoms with Crippen LogP contribution in [0.5, 0.6) is 34.5 Å². The third kappa shape index (κ3) is 7.64. The zero-order chi connectivity index (χ0) is 33.5. The monoisotopic (exact) mass is 638 g/mol. The molecule has 242 valence electrons. The molecule has 0 bridgehead atoms. The van der Waals surface area contributed by atoms with E-state index < -0.39 is 17.9 Å². The number of hydrogen-bond acceptors (Lipinski definition) is 9. The Morgan fingerprint density at radius 3 is 2.19 bits per heavy atom. The van der Waals surface area contributed by atoms with Gasteiger partial charge in [-0.05, 0) is 89.9 Å². The Kier molecular flexibility index (Phi) is 9.95. The highest BCUT2D eigenvalue weighted by atomic mass is 16.5. The van der Waals surface area contributed by atoms with Gasteiger partial charge in [0.25, 0.3) is 0 Å². The quantitative estimate of drug-likeness (QED) is 0.112. The number of benzene rings is 4. The van der Waals surface area contributed by atoms with E-state index in [2.05, 4.69) is 10.6 Å². The molecule has 2 amide bonds. The molecule has 0 aromatic heterocycles. The first-order valence-electron chi connectivity index (χ1n) is 14.8. The van der Waals surface area contributed by atoms with Crippen LogP contribution in [-0.4, -0.2) is 60.2 Å². The van der Waals surface area contributed by atoms with Crippen molar-refractivity contribution in [1.29, 1.82) is 0 Å². The van der Waals surface area contributed by atoms with E-state index in [0.717, 1.165) is 5.56 Å². The van der Waals surface area contributed by atoms with Gasteiger partial charge < -0.3 is 40.2 Å². The minimum atomic E-state index is -0.951. The molecule has 0 spiro atoms.